The average Bonchev–Trinajstić information content (AvgIpc) is 2.68. The third-order valence-corrected chi connectivity index (χ3v) is 6.72. The van der Waals surface area contributed by atoms with Crippen LogP contribution in [0.5, 0.6) is 11.5 Å². The van der Waals surface area contributed by atoms with Crippen LogP contribution in [0.4, 0.5) is 0 Å². The van der Waals surface area contributed by atoms with Crippen LogP contribution < -0.4 is 14.2 Å². The molecule has 1 heterocycles. The number of methoxy groups -OCH3 is 2. The largest absolute Gasteiger partial charge is 0.493 e. The molecule has 0 saturated carbocycles. The number of fused-ring (bicyclic) bond motifs is 1. The number of ether oxygens (including phenoxy) is 2. The first-order chi connectivity index (χ1) is 13.5. The number of rotatable bonds is 8. The summed E-state index contributed by atoms with van der Waals surface area (Å²) in [7, 11) is 3.35. The molecule has 0 amide bonds. The van der Waals surface area contributed by atoms with E-state index in [1.807, 2.05) is 0 Å². The summed E-state index contributed by atoms with van der Waals surface area (Å²) in [6.45, 7) is 3.85. The summed E-state index contributed by atoms with van der Waals surface area (Å²) in [5.74, 6) is 1.59. The molecule has 0 unspecified atom stereocenters. The van der Waals surface area contributed by atoms with Crippen molar-refractivity contribution in [3.63, 3.8) is 0 Å². The first-order valence-electron chi connectivity index (χ1n) is 9.02. The summed E-state index contributed by atoms with van der Waals surface area (Å²) in [4.78, 5) is 3.27. The Morgan fingerprint density at radius 1 is 1.00 bits per heavy atom. The molecule has 28 heavy (non-hydrogen) atoms. The third kappa shape index (κ3) is 5.41. The van der Waals surface area contributed by atoms with E-state index in [0.29, 0.717) is 15.1 Å². The van der Waals surface area contributed by atoms with Crippen LogP contribution >= 0.6 is 46.8 Å². The number of hydrogen-bond donors (Lipinski definition) is 1. The minimum Gasteiger partial charge on any atom is -0.493 e. The fourth-order valence-corrected chi connectivity index (χ4v) is 5.01. The number of nitrogens with zero attached hydrogens (tertiary/aromatic N) is 1. The Kier molecular flexibility index (Phi) is 8.03. The Morgan fingerprint density at radius 2 is 1.64 bits per heavy atom. The molecule has 1 aliphatic heterocycles. The van der Waals surface area contributed by atoms with E-state index in [2.05, 4.69) is 21.8 Å². The van der Waals surface area contributed by atoms with Gasteiger partial charge in [-0.3, -0.25) is 9.62 Å². The molecule has 0 radical (unpaired) electrons. The summed E-state index contributed by atoms with van der Waals surface area (Å²) >= 11 is 19.8. The summed E-state index contributed by atoms with van der Waals surface area (Å²) in [5.41, 5.74) is 2.65. The summed E-state index contributed by atoms with van der Waals surface area (Å²) in [6, 6.07) is 7.60. The lowest BCUT2D eigenvalue weighted by atomic mass is 9.98. The van der Waals surface area contributed by atoms with E-state index in [1.165, 1.54) is 23.1 Å². The molecule has 0 saturated heterocycles. The highest BCUT2D eigenvalue weighted by Crippen LogP contribution is 2.35. The van der Waals surface area contributed by atoms with Crippen molar-refractivity contribution in [2.24, 2.45) is 0 Å². The zero-order valence-corrected chi connectivity index (χ0v) is 18.9. The molecule has 0 atom stereocenters. The predicted octanol–water partition coefficient (Wildman–Crippen LogP) is 5.71. The Hall–Kier alpha value is -0.820. The SMILES string of the molecule is COc1cc2c(cc1OC)CN(CCCNSc1c(Cl)cc(Cl)cc1Cl)CC2. The summed E-state index contributed by atoms with van der Waals surface area (Å²) in [6.07, 6.45) is 2.05. The third-order valence-electron chi connectivity index (χ3n) is 4.69. The number of benzene rings is 2. The van der Waals surface area contributed by atoms with Gasteiger partial charge in [-0.25, -0.2) is 0 Å². The van der Waals surface area contributed by atoms with Crippen LogP contribution in [-0.2, 0) is 13.0 Å². The van der Waals surface area contributed by atoms with Crippen LogP contribution in [0.3, 0.4) is 0 Å². The maximum atomic E-state index is 6.21. The van der Waals surface area contributed by atoms with Gasteiger partial charge < -0.3 is 9.47 Å². The van der Waals surface area contributed by atoms with Gasteiger partial charge in [-0.05, 0) is 66.7 Å². The Labute approximate surface area is 185 Å². The van der Waals surface area contributed by atoms with Crippen molar-refractivity contribution < 1.29 is 9.47 Å². The second-order valence-electron chi connectivity index (χ2n) is 6.55. The van der Waals surface area contributed by atoms with Crippen LogP contribution in [0.25, 0.3) is 0 Å². The van der Waals surface area contributed by atoms with Gasteiger partial charge in [-0.1, -0.05) is 34.8 Å². The molecule has 0 spiro atoms. The Balaban J connectivity index is 1.47. The van der Waals surface area contributed by atoms with Crippen molar-refractivity contribution in [3.8, 4) is 11.5 Å². The molecule has 2 aromatic rings. The van der Waals surface area contributed by atoms with E-state index in [9.17, 15) is 0 Å². The maximum absolute atomic E-state index is 6.21. The van der Waals surface area contributed by atoms with Gasteiger partial charge in [0.2, 0.25) is 0 Å². The van der Waals surface area contributed by atoms with Crippen molar-refractivity contribution in [2.75, 3.05) is 33.9 Å². The zero-order chi connectivity index (χ0) is 20.1. The van der Waals surface area contributed by atoms with Gasteiger partial charge in [0.1, 0.15) is 0 Å². The molecule has 0 aromatic heterocycles. The van der Waals surface area contributed by atoms with E-state index in [0.717, 1.165) is 55.4 Å². The Morgan fingerprint density at radius 3 is 2.29 bits per heavy atom. The molecule has 1 N–H and O–H groups in total. The minimum absolute atomic E-state index is 0.541. The van der Waals surface area contributed by atoms with Gasteiger partial charge in [-0.2, -0.15) is 0 Å². The van der Waals surface area contributed by atoms with E-state index in [1.54, 1.807) is 26.4 Å². The maximum Gasteiger partial charge on any atom is 0.161 e. The smallest absolute Gasteiger partial charge is 0.161 e. The highest BCUT2D eigenvalue weighted by Gasteiger charge is 2.19. The second kappa shape index (κ2) is 10.3. The van der Waals surface area contributed by atoms with Gasteiger partial charge >= 0.3 is 0 Å². The van der Waals surface area contributed by atoms with Gasteiger partial charge in [0.15, 0.2) is 11.5 Å². The molecule has 152 valence electrons. The molecule has 2 aromatic carbocycles. The Bertz CT molecular complexity index is 812. The first kappa shape index (κ1) is 21.9. The van der Waals surface area contributed by atoms with Crippen LogP contribution in [0.2, 0.25) is 15.1 Å². The minimum atomic E-state index is 0.541. The molecular formula is C20H23Cl3N2O2S. The van der Waals surface area contributed by atoms with Crippen molar-refractivity contribution in [1.29, 1.82) is 0 Å². The number of hydrogen-bond acceptors (Lipinski definition) is 5. The first-order valence-corrected chi connectivity index (χ1v) is 11.0. The summed E-state index contributed by atoms with van der Waals surface area (Å²) < 4.78 is 14.2. The fourth-order valence-electron chi connectivity index (χ4n) is 3.26. The summed E-state index contributed by atoms with van der Waals surface area (Å²) in [5, 5.41) is 1.66. The van der Waals surface area contributed by atoms with Gasteiger partial charge in [0.05, 0.1) is 29.2 Å². The lowest BCUT2D eigenvalue weighted by Crippen LogP contribution is -2.32. The van der Waals surface area contributed by atoms with E-state index < -0.39 is 0 Å². The molecule has 1 aliphatic rings. The van der Waals surface area contributed by atoms with E-state index >= 15 is 0 Å². The lowest BCUT2D eigenvalue weighted by molar-refractivity contribution is 0.250. The second-order valence-corrected chi connectivity index (χ2v) is 8.70. The topological polar surface area (TPSA) is 33.7 Å². The van der Waals surface area contributed by atoms with Crippen LogP contribution in [0.1, 0.15) is 17.5 Å². The molecule has 0 aliphatic carbocycles. The quantitative estimate of drug-likeness (QED) is 0.402. The predicted molar refractivity (Wildman–Crippen MR) is 118 cm³/mol. The van der Waals surface area contributed by atoms with Gasteiger partial charge in [0.25, 0.3) is 0 Å². The highest BCUT2D eigenvalue weighted by molar-refractivity contribution is 7.97. The van der Waals surface area contributed by atoms with Crippen molar-refractivity contribution in [2.45, 2.75) is 24.3 Å². The molecule has 3 rings (SSSR count). The van der Waals surface area contributed by atoms with E-state index in [4.69, 9.17) is 44.3 Å². The standard InChI is InChI=1S/C20H23Cl3N2O2S/c1-26-18-8-13-4-7-25(12-14(13)9-19(18)27-2)6-3-5-24-28-20-16(22)10-15(21)11-17(20)23/h8-11,24H,3-7,12H2,1-2H3. The normalized spacial score (nSPS) is 14.0. The van der Waals surface area contributed by atoms with Crippen molar-refractivity contribution in [3.05, 3.63) is 50.5 Å². The monoisotopic (exact) mass is 460 g/mol. The highest BCUT2D eigenvalue weighted by atomic mass is 35.5. The van der Waals surface area contributed by atoms with Gasteiger partial charge in [-0.15, -0.1) is 0 Å². The zero-order valence-electron chi connectivity index (χ0n) is 15.9. The van der Waals surface area contributed by atoms with Crippen LogP contribution in [-0.4, -0.2) is 38.8 Å². The fraction of sp³-hybridized carbons (Fsp3) is 0.400. The molecule has 0 bridgehead atoms. The van der Waals surface area contributed by atoms with Crippen LogP contribution in [0.15, 0.2) is 29.2 Å². The van der Waals surface area contributed by atoms with Crippen molar-refractivity contribution >= 4 is 46.8 Å². The number of nitrogens with one attached hydrogen (secondary N) is 1. The van der Waals surface area contributed by atoms with E-state index in [-0.39, 0.29) is 0 Å². The molecule has 8 heteroatoms. The van der Waals surface area contributed by atoms with Crippen LogP contribution in [0, 0.1) is 0 Å². The lowest BCUT2D eigenvalue weighted by Gasteiger charge is -2.29. The molecule has 4 nitrogen and oxygen atoms in total. The average molecular weight is 462 g/mol. The number of halogens is 3. The molecular weight excluding hydrogens is 439 g/mol. The van der Waals surface area contributed by atoms with Crippen molar-refractivity contribution in [1.82, 2.24) is 9.62 Å². The van der Waals surface area contributed by atoms with Gasteiger partial charge in [0, 0.05) is 24.7 Å². The molecule has 0 fully saturated rings.